The minimum atomic E-state index is -5.08. The van der Waals surface area contributed by atoms with Crippen molar-refractivity contribution in [2.45, 2.75) is 19.1 Å². The Labute approximate surface area is 232 Å². The highest BCUT2D eigenvalue weighted by atomic mass is 35.5. The van der Waals surface area contributed by atoms with Gasteiger partial charge in [-0.25, -0.2) is 9.79 Å². The molecular formula is C25H19ClF3N3O7S. The van der Waals surface area contributed by atoms with Gasteiger partial charge in [0.1, 0.15) is 0 Å². The Hall–Kier alpha value is -4.17. The van der Waals surface area contributed by atoms with Crippen molar-refractivity contribution >= 4 is 40.7 Å². The summed E-state index contributed by atoms with van der Waals surface area (Å²) in [4.78, 5) is 40.9. The number of esters is 1. The van der Waals surface area contributed by atoms with Gasteiger partial charge in [-0.1, -0.05) is 35.1 Å². The monoisotopic (exact) mass is 597 g/mol. The number of fused-ring (bicyclic) bond motifs is 1. The number of nitro benzene ring substituents is 1. The highest BCUT2D eigenvalue weighted by Gasteiger charge is 2.45. The fraction of sp³-hybridized carbons (Fsp3) is 0.240. The van der Waals surface area contributed by atoms with E-state index in [9.17, 15) is 32.9 Å². The van der Waals surface area contributed by atoms with E-state index in [0.29, 0.717) is 11.3 Å². The van der Waals surface area contributed by atoms with Gasteiger partial charge in [0.15, 0.2) is 22.0 Å². The molecule has 0 amide bonds. The first-order valence-corrected chi connectivity index (χ1v) is 12.6. The molecule has 0 bridgehead atoms. The van der Waals surface area contributed by atoms with Crippen LogP contribution in [-0.2, 0) is 9.53 Å². The van der Waals surface area contributed by atoms with Crippen LogP contribution in [0.1, 0.15) is 24.1 Å². The number of methoxy groups -OCH3 is 2. The van der Waals surface area contributed by atoms with Crippen LogP contribution in [0, 0.1) is 10.1 Å². The van der Waals surface area contributed by atoms with Crippen molar-refractivity contribution in [2.75, 3.05) is 20.8 Å². The summed E-state index contributed by atoms with van der Waals surface area (Å²) in [6, 6.07) is 6.33. The van der Waals surface area contributed by atoms with Gasteiger partial charge >= 0.3 is 12.1 Å². The van der Waals surface area contributed by atoms with Gasteiger partial charge in [-0.15, -0.1) is 0 Å². The number of alkyl halides is 3. The van der Waals surface area contributed by atoms with E-state index in [4.69, 9.17) is 25.8 Å². The van der Waals surface area contributed by atoms with E-state index >= 15 is 0 Å². The fourth-order valence-electron chi connectivity index (χ4n) is 4.10. The first kappa shape index (κ1) is 28.8. The molecular weight excluding hydrogens is 579 g/mol. The number of aromatic nitrogens is 1. The molecule has 210 valence electrons. The number of rotatable bonds is 7. The number of carbonyl (C=O) groups excluding carboxylic acids is 1. The van der Waals surface area contributed by atoms with Crippen molar-refractivity contribution in [3.63, 3.8) is 0 Å². The van der Waals surface area contributed by atoms with Crippen LogP contribution >= 0.6 is 22.9 Å². The van der Waals surface area contributed by atoms with Crippen LogP contribution in [0.5, 0.6) is 11.5 Å². The number of allylic oxidation sites excluding steroid dienone is 1. The van der Waals surface area contributed by atoms with Gasteiger partial charge < -0.3 is 14.2 Å². The van der Waals surface area contributed by atoms with Crippen LogP contribution < -0.4 is 24.4 Å². The summed E-state index contributed by atoms with van der Waals surface area (Å²) in [5.41, 5.74) is -3.62. The molecule has 1 aromatic heterocycles. The zero-order valence-electron chi connectivity index (χ0n) is 20.9. The first-order valence-electron chi connectivity index (χ1n) is 11.4. The minimum Gasteiger partial charge on any atom is -0.493 e. The molecule has 0 radical (unpaired) electrons. The normalized spacial score (nSPS) is 15.4. The lowest BCUT2D eigenvalue weighted by molar-refractivity contribution is -0.385. The molecule has 4 rings (SSSR count). The van der Waals surface area contributed by atoms with Crippen LogP contribution in [0.15, 0.2) is 57.5 Å². The summed E-state index contributed by atoms with van der Waals surface area (Å²) in [6.45, 7) is 1.20. The largest absolute Gasteiger partial charge is 0.493 e. The second kappa shape index (κ2) is 11.1. The molecule has 0 saturated carbocycles. The summed E-state index contributed by atoms with van der Waals surface area (Å²) in [5.74, 6) is -1.12. The second-order valence-electron chi connectivity index (χ2n) is 8.14. The molecule has 0 unspecified atom stereocenters. The topological polar surface area (TPSA) is 122 Å². The van der Waals surface area contributed by atoms with Crippen LogP contribution in [0.3, 0.4) is 0 Å². The number of carbonyl (C=O) groups is 1. The Morgan fingerprint density at radius 1 is 1.20 bits per heavy atom. The molecule has 0 spiro atoms. The lowest BCUT2D eigenvalue weighted by atomic mass is 9.95. The van der Waals surface area contributed by atoms with Gasteiger partial charge in [0.2, 0.25) is 0 Å². The van der Waals surface area contributed by atoms with E-state index in [1.807, 2.05) is 0 Å². The molecule has 15 heteroatoms. The zero-order chi connectivity index (χ0) is 29.4. The molecule has 1 atom stereocenters. The Morgan fingerprint density at radius 2 is 1.82 bits per heavy atom. The van der Waals surface area contributed by atoms with Crippen molar-refractivity contribution < 1.29 is 37.1 Å². The average molecular weight is 598 g/mol. The van der Waals surface area contributed by atoms with Crippen LogP contribution in [0.2, 0.25) is 5.02 Å². The Morgan fingerprint density at radius 3 is 2.38 bits per heavy atom. The van der Waals surface area contributed by atoms with E-state index in [1.54, 1.807) is 0 Å². The van der Waals surface area contributed by atoms with E-state index in [-0.39, 0.29) is 43.6 Å². The van der Waals surface area contributed by atoms with E-state index in [2.05, 4.69) is 4.99 Å². The number of nitrogens with zero attached hydrogens (tertiary/aromatic N) is 3. The number of hydrogen-bond acceptors (Lipinski definition) is 9. The quantitative estimate of drug-likeness (QED) is 0.230. The summed E-state index contributed by atoms with van der Waals surface area (Å²) < 4.78 is 58.6. The van der Waals surface area contributed by atoms with Crippen molar-refractivity contribution in [3.05, 3.63) is 93.6 Å². The molecule has 10 nitrogen and oxygen atoms in total. The van der Waals surface area contributed by atoms with E-state index in [1.165, 1.54) is 51.5 Å². The molecule has 2 aromatic carbocycles. The number of benzene rings is 2. The maximum absolute atomic E-state index is 14.2. The van der Waals surface area contributed by atoms with Crippen molar-refractivity contribution in [1.82, 2.24) is 4.57 Å². The SMILES string of the molecule is CCOC(=O)C1=C(C(F)(F)F)N=c2s/c(=C\c3cc(OC)c(OC)cc3[N+](=O)[O-])c(=O)n2[C@@H]1c1ccc(Cl)cc1. The van der Waals surface area contributed by atoms with E-state index in [0.717, 1.165) is 16.7 Å². The number of thiazole rings is 1. The van der Waals surface area contributed by atoms with Crippen LogP contribution in [-0.4, -0.2) is 42.5 Å². The third-order valence-electron chi connectivity index (χ3n) is 5.80. The predicted molar refractivity (Wildman–Crippen MR) is 138 cm³/mol. The molecule has 40 heavy (non-hydrogen) atoms. The van der Waals surface area contributed by atoms with Gasteiger partial charge in [0, 0.05) is 5.02 Å². The number of hydrogen-bond donors (Lipinski definition) is 0. The predicted octanol–water partition coefficient (Wildman–Crippen LogP) is 3.92. The summed E-state index contributed by atoms with van der Waals surface area (Å²) in [7, 11) is 2.60. The van der Waals surface area contributed by atoms with E-state index < -0.39 is 45.6 Å². The Kier molecular flexibility index (Phi) is 8.03. The summed E-state index contributed by atoms with van der Waals surface area (Å²) in [5, 5.41) is 12.0. The molecule has 0 aliphatic carbocycles. The fourth-order valence-corrected chi connectivity index (χ4v) is 5.22. The standard InChI is InChI=1S/C25H19ClF3N3O7S/c1-4-39-23(34)19-20(12-5-7-14(26)8-6-12)31-22(33)18(40-24(31)30-21(19)25(27,28)29)10-13-9-16(37-2)17(38-3)11-15(13)32(35)36/h5-11,20H,4H2,1-3H3/b18-10-/t20-/m1/s1. The average Bonchev–Trinajstić information content (AvgIpc) is 3.21. The second-order valence-corrected chi connectivity index (χ2v) is 9.58. The third kappa shape index (κ3) is 5.31. The number of nitro groups is 1. The van der Waals surface area contributed by atoms with Crippen molar-refractivity contribution in [3.8, 4) is 11.5 Å². The first-order chi connectivity index (χ1) is 18.9. The molecule has 0 N–H and O–H groups in total. The van der Waals surface area contributed by atoms with Gasteiger partial charge in [0.05, 0.1) is 53.5 Å². The molecule has 0 fully saturated rings. The van der Waals surface area contributed by atoms with Crippen LogP contribution in [0.25, 0.3) is 6.08 Å². The van der Waals surface area contributed by atoms with Gasteiger partial charge in [0.25, 0.3) is 11.2 Å². The molecule has 2 heterocycles. The van der Waals surface area contributed by atoms with Gasteiger partial charge in [-0.3, -0.25) is 19.5 Å². The molecule has 0 saturated heterocycles. The number of ether oxygens (including phenoxy) is 3. The summed E-state index contributed by atoms with van der Waals surface area (Å²) >= 11 is 6.54. The third-order valence-corrected chi connectivity index (χ3v) is 7.03. The summed E-state index contributed by atoms with van der Waals surface area (Å²) in [6.07, 6.45) is -3.94. The highest BCUT2D eigenvalue weighted by molar-refractivity contribution is 7.07. The lowest BCUT2D eigenvalue weighted by Crippen LogP contribution is -2.41. The van der Waals surface area contributed by atoms with Gasteiger partial charge in [-0.2, -0.15) is 13.2 Å². The molecule has 1 aliphatic rings. The van der Waals surface area contributed by atoms with Crippen molar-refractivity contribution in [1.29, 1.82) is 0 Å². The smallest absolute Gasteiger partial charge is 0.434 e. The zero-order valence-corrected chi connectivity index (χ0v) is 22.5. The Balaban J connectivity index is 2.07. The lowest BCUT2D eigenvalue weighted by Gasteiger charge is -2.26. The maximum atomic E-state index is 14.2. The number of halogens is 4. The van der Waals surface area contributed by atoms with Crippen LogP contribution in [0.4, 0.5) is 18.9 Å². The maximum Gasteiger partial charge on any atom is 0.434 e. The minimum absolute atomic E-state index is 0.0597. The highest BCUT2D eigenvalue weighted by Crippen LogP contribution is 2.39. The van der Waals surface area contributed by atoms with Gasteiger partial charge in [-0.05, 0) is 36.8 Å². The molecule has 1 aliphatic heterocycles. The Bertz CT molecular complexity index is 1710. The van der Waals surface area contributed by atoms with Crippen molar-refractivity contribution in [2.24, 2.45) is 4.99 Å². The molecule has 3 aromatic rings.